The lowest BCUT2D eigenvalue weighted by molar-refractivity contribution is -0.121. The number of hydrogen-bond acceptors (Lipinski definition) is 6. The molecule has 2 aliphatic rings. The lowest BCUT2D eigenvalue weighted by atomic mass is 9.84. The molecule has 0 unspecified atom stereocenters. The third kappa shape index (κ3) is 4.94. The molecule has 0 spiro atoms. The first-order valence-electron chi connectivity index (χ1n) is 11.7. The zero-order valence-electron chi connectivity index (χ0n) is 18.8. The molecule has 1 aliphatic carbocycles. The summed E-state index contributed by atoms with van der Waals surface area (Å²) in [5, 5.41) is 6.87. The second-order valence-corrected chi connectivity index (χ2v) is 9.20. The number of carbonyl (C=O) groups excluding carboxylic acids is 2. The lowest BCUT2D eigenvalue weighted by Gasteiger charge is -2.38. The Hall–Kier alpha value is -2.94. The Morgan fingerprint density at radius 1 is 1.00 bits per heavy atom. The lowest BCUT2D eigenvalue weighted by Crippen LogP contribution is -2.45. The fraction of sp³-hybridized carbons (Fsp3) is 0.400. The van der Waals surface area contributed by atoms with E-state index in [4.69, 9.17) is 20.8 Å². The first-order chi connectivity index (χ1) is 16.6. The van der Waals surface area contributed by atoms with Crippen molar-refractivity contribution in [1.29, 1.82) is 0 Å². The van der Waals surface area contributed by atoms with Crippen molar-refractivity contribution in [3.8, 4) is 0 Å². The highest BCUT2D eigenvalue weighted by Gasteiger charge is 2.31. The Kier molecular flexibility index (Phi) is 6.80. The number of aromatic nitrogens is 1. The number of amides is 2. The van der Waals surface area contributed by atoms with Crippen molar-refractivity contribution < 1.29 is 18.7 Å². The van der Waals surface area contributed by atoms with Gasteiger partial charge in [0.05, 0.1) is 18.2 Å². The van der Waals surface area contributed by atoms with Crippen LogP contribution in [0.5, 0.6) is 0 Å². The molecule has 1 aliphatic heterocycles. The van der Waals surface area contributed by atoms with Crippen LogP contribution in [0.4, 0.5) is 11.5 Å². The van der Waals surface area contributed by atoms with E-state index in [1.165, 1.54) is 6.20 Å². The zero-order valence-corrected chi connectivity index (χ0v) is 19.5. The van der Waals surface area contributed by atoms with Gasteiger partial charge in [-0.25, -0.2) is 4.98 Å². The molecule has 9 heteroatoms. The monoisotopic (exact) mass is 482 g/mol. The van der Waals surface area contributed by atoms with Crippen LogP contribution in [0.15, 0.2) is 47.0 Å². The maximum Gasteiger partial charge on any atom is 0.294 e. The second-order valence-electron chi connectivity index (χ2n) is 8.76. The van der Waals surface area contributed by atoms with E-state index in [1.54, 1.807) is 18.2 Å². The normalized spacial score (nSPS) is 21.3. The quantitative estimate of drug-likeness (QED) is 0.553. The summed E-state index contributed by atoms with van der Waals surface area (Å²) in [6, 6.07) is 11.0. The molecular formula is C25H27ClN4O4. The summed E-state index contributed by atoms with van der Waals surface area (Å²) in [6.07, 6.45) is 5.06. The number of para-hydroxylation sites is 1. The second kappa shape index (κ2) is 10.1. The Bertz CT molecular complexity index is 1170. The van der Waals surface area contributed by atoms with Crippen LogP contribution in [0.3, 0.4) is 0 Å². The molecule has 1 aromatic carbocycles. The first-order valence-corrected chi connectivity index (χ1v) is 12.0. The van der Waals surface area contributed by atoms with Gasteiger partial charge in [0.2, 0.25) is 11.7 Å². The molecule has 0 atom stereocenters. The number of pyridine rings is 1. The van der Waals surface area contributed by atoms with Gasteiger partial charge in [-0.15, -0.1) is 0 Å². The molecule has 2 amide bonds. The maximum absolute atomic E-state index is 13.2. The van der Waals surface area contributed by atoms with Gasteiger partial charge in [0.1, 0.15) is 17.1 Å². The number of fused-ring (bicyclic) bond motifs is 1. The van der Waals surface area contributed by atoms with Crippen molar-refractivity contribution in [2.45, 2.75) is 31.7 Å². The highest BCUT2D eigenvalue weighted by atomic mass is 35.5. The van der Waals surface area contributed by atoms with E-state index in [0.717, 1.165) is 52.0 Å². The minimum absolute atomic E-state index is 0.0494. The van der Waals surface area contributed by atoms with E-state index in [2.05, 4.69) is 20.5 Å². The van der Waals surface area contributed by atoms with Crippen LogP contribution in [0.2, 0.25) is 5.02 Å². The number of furan rings is 1. The number of ether oxygens (including phenoxy) is 1. The van der Waals surface area contributed by atoms with Crippen molar-refractivity contribution in [3.63, 3.8) is 0 Å². The van der Waals surface area contributed by atoms with Crippen LogP contribution in [-0.4, -0.2) is 54.0 Å². The zero-order chi connectivity index (χ0) is 23.5. The molecule has 2 N–H and O–H groups in total. The van der Waals surface area contributed by atoms with Gasteiger partial charge in [0, 0.05) is 36.6 Å². The summed E-state index contributed by atoms with van der Waals surface area (Å²) < 4.78 is 11.3. The molecule has 2 aromatic heterocycles. The minimum atomic E-state index is -0.489. The van der Waals surface area contributed by atoms with Gasteiger partial charge >= 0.3 is 0 Å². The molecule has 2 fully saturated rings. The summed E-state index contributed by atoms with van der Waals surface area (Å²) in [5.74, 6) is -0.273. The van der Waals surface area contributed by atoms with Crippen LogP contribution in [0.25, 0.3) is 11.0 Å². The fourth-order valence-corrected chi connectivity index (χ4v) is 4.94. The van der Waals surface area contributed by atoms with Crippen LogP contribution < -0.4 is 10.6 Å². The minimum Gasteiger partial charge on any atom is -0.449 e. The number of nitrogens with zero attached hydrogens (tertiary/aromatic N) is 2. The Morgan fingerprint density at radius 3 is 2.50 bits per heavy atom. The molecule has 34 heavy (non-hydrogen) atoms. The molecule has 1 saturated heterocycles. The van der Waals surface area contributed by atoms with Gasteiger partial charge in [0.15, 0.2) is 0 Å². The van der Waals surface area contributed by atoms with Crippen LogP contribution in [0, 0.1) is 5.92 Å². The van der Waals surface area contributed by atoms with Crippen molar-refractivity contribution in [3.05, 3.63) is 53.4 Å². The molecule has 8 nitrogen and oxygen atoms in total. The predicted molar refractivity (Wildman–Crippen MR) is 130 cm³/mol. The third-order valence-electron chi connectivity index (χ3n) is 6.65. The van der Waals surface area contributed by atoms with E-state index >= 15 is 0 Å². The van der Waals surface area contributed by atoms with Gasteiger partial charge in [-0.2, -0.15) is 0 Å². The van der Waals surface area contributed by atoms with E-state index in [1.807, 2.05) is 18.2 Å². The molecule has 1 saturated carbocycles. The number of nitrogens with one attached hydrogen (secondary N) is 2. The number of halogens is 1. The van der Waals surface area contributed by atoms with Crippen molar-refractivity contribution in [2.75, 3.05) is 36.9 Å². The highest BCUT2D eigenvalue weighted by Crippen LogP contribution is 2.34. The van der Waals surface area contributed by atoms with E-state index in [0.29, 0.717) is 33.5 Å². The highest BCUT2D eigenvalue weighted by molar-refractivity contribution is 6.30. The molecule has 3 aromatic rings. The summed E-state index contributed by atoms with van der Waals surface area (Å²) in [6.45, 7) is 3.49. The first kappa shape index (κ1) is 22.8. The average Bonchev–Trinajstić information content (AvgIpc) is 3.24. The number of hydrogen-bond donors (Lipinski definition) is 2. The van der Waals surface area contributed by atoms with E-state index in [9.17, 15) is 9.59 Å². The van der Waals surface area contributed by atoms with E-state index in [-0.39, 0.29) is 17.6 Å². The summed E-state index contributed by atoms with van der Waals surface area (Å²) in [5.41, 5.74) is 0.922. The largest absolute Gasteiger partial charge is 0.449 e. The maximum atomic E-state index is 13.2. The summed E-state index contributed by atoms with van der Waals surface area (Å²) >= 11 is 5.88. The summed E-state index contributed by atoms with van der Waals surface area (Å²) in [4.78, 5) is 32.8. The standard InChI is InChI=1S/C25H27ClN4O4/c26-17-7-10-21(27-15-17)28-25(32)23-22(19-3-1-2-4-20(19)34-23)29-24(31)16-5-8-18(9-6-16)30-11-13-33-14-12-30/h1-4,7,10,15-16,18H,5-6,8-9,11-14H2,(H,29,31)(H,27,28,32). The van der Waals surface area contributed by atoms with Gasteiger partial charge in [-0.1, -0.05) is 23.7 Å². The molecule has 0 bridgehead atoms. The van der Waals surface area contributed by atoms with Crippen LogP contribution in [-0.2, 0) is 9.53 Å². The third-order valence-corrected chi connectivity index (χ3v) is 6.87. The van der Waals surface area contributed by atoms with Gasteiger partial charge in [-0.05, 0) is 49.9 Å². The fourth-order valence-electron chi connectivity index (χ4n) is 4.82. The van der Waals surface area contributed by atoms with E-state index < -0.39 is 5.91 Å². The Balaban J connectivity index is 1.30. The Morgan fingerprint density at radius 2 is 1.76 bits per heavy atom. The summed E-state index contributed by atoms with van der Waals surface area (Å²) in [7, 11) is 0. The van der Waals surface area contributed by atoms with Gasteiger partial charge in [-0.3, -0.25) is 14.5 Å². The average molecular weight is 483 g/mol. The number of anilines is 2. The van der Waals surface area contributed by atoms with Crippen molar-refractivity contribution in [1.82, 2.24) is 9.88 Å². The van der Waals surface area contributed by atoms with Crippen LogP contribution >= 0.6 is 11.6 Å². The predicted octanol–water partition coefficient (Wildman–Crippen LogP) is 4.56. The van der Waals surface area contributed by atoms with Gasteiger partial charge < -0.3 is 19.8 Å². The molecular weight excluding hydrogens is 456 g/mol. The molecule has 0 radical (unpaired) electrons. The smallest absolute Gasteiger partial charge is 0.294 e. The number of morpholine rings is 1. The van der Waals surface area contributed by atoms with Crippen molar-refractivity contribution in [2.24, 2.45) is 5.92 Å². The topological polar surface area (TPSA) is 96.7 Å². The molecule has 5 rings (SSSR count). The number of rotatable bonds is 5. The van der Waals surface area contributed by atoms with Crippen LogP contribution in [0.1, 0.15) is 36.2 Å². The number of carbonyl (C=O) groups is 2. The molecule has 3 heterocycles. The van der Waals surface area contributed by atoms with Crippen molar-refractivity contribution >= 4 is 45.9 Å². The Labute approximate surface area is 202 Å². The number of benzene rings is 1. The molecule has 178 valence electrons. The van der Waals surface area contributed by atoms with Gasteiger partial charge in [0.25, 0.3) is 5.91 Å². The SMILES string of the molecule is O=C(Nc1ccc(Cl)cn1)c1oc2ccccc2c1NC(=O)C1CCC(N2CCOCC2)CC1.